The third-order valence-corrected chi connectivity index (χ3v) is 6.02. The van der Waals surface area contributed by atoms with E-state index in [0.29, 0.717) is 32.3 Å². The Morgan fingerprint density at radius 1 is 0.968 bits per heavy atom. The second-order valence-electron chi connectivity index (χ2n) is 6.88. The molecule has 0 spiro atoms. The summed E-state index contributed by atoms with van der Waals surface area (Å²) in [5.41, 5.74) is 1.42. The molecule has 0 unspecified atom stereocenters. The van der Waals surface area contributed by atoms with Gasteiger partial charge in [0.1, 0.15) is 11.0 Å². The van der Waals surface area contributed by atoms with Crippen molar-refractivity contribution < 1.29 is 9.59 Å². The van der Waals surface area contributed by atoms with Crippen molar-refractivity contribution >= 4 is 57.3 Å². The molecule has 3 aromatic rings. The fraction of sp³-hybridized carbons (Fsp3) is 0.238. The van der Waals surface area contributed by atoms with E-state index in [1.54, 1.807) is 36.4 Å². The van der Waals surface area contributed by atoms with E-state index in [1.165, 1.54) is 11.3 Å². The first kappa shape index (κ1) is 23.0. The number of urea groups is 1. The van der Waals surface area contributed by atoms with E-state index in [9.17, 15) is 9.59 Å². The minimum Gasteiger partial charge on any atom is -0.326 e. The van der Waals surface area contributed by atoms with Gasteiger partial charge in [-0.1, -0.05) is 66.9 Å². The summed E-state index contributed by atoms with van der Waals surface area (Å²) in [6, 6.07) is 12.7. The van der Waals surface area contributed by atoms with E-state index in [4.69, 9.17) is 23.2 Å². The molecule has 0 aliphatic heterocycles. The van der Waals surface area contributed by atoms with E-state index in [1.807, 2.05) is 26.0 Å². The van der Waals surface area contributed by atoms with Crippen molar-refractivity contribution in [1.29, 1.82) is 0 Å². The molecule has 3 rings (SSSR count). The van der Waals surface area contributed by atoms with E-state index >= 15 is 0 Å². The van der Waals surface area contributed by atoms with Crippen LogP contribution in [0.15, 0.2) is 48.5 Å². The first-order chi connectivity index (χ1) is 14.9. The predicted molar refractivity (Wildman–Crippen MR) is 126 cm³/mol. The smallest absolute Gasteiger partial charge is 0.319 e. The fourth-order valence-corrected chi connectivity index (χ4v) is 3.71. The molecule has 3 N–H and O–H groups in total. The third-order valence-electron chi connectivity index (χ3n) is 4.63. The van der Waals surface area contributed by atoms with Crippen molar-refractivity contribution in [2.75, 3.05) is 10.6 Å². The van der Waals surface area contributed by atoms with Gasteiger partial charge in [0.25, 0.3) is 0 Å². The number of hydrogen-bond acceptors (Lipinski definition) is 5. The summed E-state index contributed by atoms with van der Waals surface area (Å²) in [4.78, 5) is 25.3. The van der Waals surface area contributed by atoms with E-state index < -0.39 is 12.1 Å². The average Bonchev–Trinajstić information content (AvgIpc) is 3.22. The lowest BCUT2D eigenvalue weighted by Crippen LogP contribution is -2.49. The second kappa shape index (κ2) is 10.6. The molecule has 0 aliphatic carbocycles. The highest BCUT2D eigenvalue weighted by molar-refractivity contribution is 7.18. The Balaban J connectivity index is 1.66. The van der Waals surface area contributed by atoms with Gasteiger partial charge < -0.3 is 10.6 Å². The minimum absolute atomic E-state index is 0.0976. The quantitative estimate of drug-likeness (QED) is 0.407. The molecular weight excluding hydrogens is 457 g/mol. The number of carbonyl (C=O) groups is 2. The number of halogens is 2. The highest BCUT2D eigenvalue weighted by Crippen LogP contribution is 2.27. The maximum Gasteiger partial charge on any atom is 0.319 e. The lowest BCUT2D eigenvalue weighted by Gasteiger charge is -2.23. The van der Waals surface area contributed by atoms with Crippen molar-refractivity contribution in [2.24, 2.45) is 5.92 Å². The maximum absolute atomic E-state index is 12.9. The van der Waals surface area contributed by atoms with Crippen LogP contribution in [0.1, 0.15) is 20.3 Å². The third kappa shape index (κ3) is 6.40. The fourth-order valence-electron chi connectivity index (χ4n) is 2.71. The van der Waals surface area contributed by atoms with Gasteiger partial charge in [-0.15, -0.1) is 10.2 Å². The van der Waals surface area contributed by atoms with Crippen LogP contribution in [-0.2, 0) is 4.79 Å². The molecule has 10 heteroatoms. The van der Waals surface area contributed by atoms with Crippen molar-refractivity contribution in [2.45, 2.75) is 26.3 Å². The highest BCUT2D eigenvalue weighted by Gasteiger charge is 2.27. The van der Waals surface area contributed by atoms with Gasteiger partial charge in [-0.3, -0.25) is 10.1 Å². The minimum atomic E-state index is -0.750. The van der Waals surface area contributed by atoms with Crippen LogP contribution in [0, 0.1) is 5.92 Å². The van der Waals surface area contributed by atoms with Gasteiger partial charge in [0.15, 0.2) is 0 Å². The second-order valence-corrected chi connectivity index (χ2v) is 8.73. The number of benzene rings is 2. The summed E-state index contributed by atoms with van der Waals surface area (Å²) >= 11 is 13.0. The van der Waals surface area contributed by atoms with Crippen LogP contribution >= 0.6 is 34.5 Å². The lowest BCUT2D eigenvalue weighted by atomic mass is 9.98. The molecule has 0 saturated heterocycles. The summed E-state index contributed by atoms with van der Waals surface area (Å²) in [5.74, 6) is -0.459. The van der Waals surface area contributed by atoms with Crippen LogP contribution in [0.25, 0.3) is 10.6 Å². The van der Waals surface area contributed by atoms with E-state index in [2.05, 4.69) is 26.1 Å². The molecule has 1 heterocycles. The van der Waals surface area contributed by atoms with Gasteiger partial charge in [-0.2, -0.15) is 0 Å². The molecule has 0 fully saturated rings. The van der Waals surface area contributed by atoms with Crippen LogP contribution < -0.4 is 16.0 Å². The molecule has 0 radical (unpaired) electrons. The summed E-state index contributed by atoms with van der Waals surface area (Å²) in [6.45, 7) is 3.85. The largest absolute Gasteiger partial charge is 0.326 e. The van der Waals surface area contributed by atoms with Gasteiger partial charge in [-0.05, 0) is 42.3 Å². The van der Waals surface area contributed by atoms with E-state index in [-0.39, 0.29) is 11.8 Å². The number of amides is 3. The monoisotopic (exact) mass is 477 g/mol. The van der Waals surface area contributed by atoms with Gasteiger partial charge in [0.05, 0.1) is 0 Å². The molecule has 0 saturated carbocycles. The van der Waals surface area contributed by atoms with Crippen LogP contribution in [0.2, 0.25) is 10.0 Å². The Kier molecular flexibility index (Phi) is 7.84. The molecule has 7 nitrogen and oxygen atoms in total. The maximum atomic E-state index is 12.9. The SMILES string of the molecule is CC[C@H](C)[C@@H](NC(=O)Nc1ccc(Cl)cc1)C(=O)Nc1nnc(-c2ccc(Cl)cc2)s1. The predicted octanol–water partition coefficient (Wildman–Crippen LogP) is 5.69. The molecule has 2 atom stereocenters. The number of nitrogens with zero attached hydrogens (tertiary/aromatic N) is 2. The van der Waals surface area contributed by atoms with Crippen molar-refractivity contribution in [3.8, 4) is 10.6 Å². The average molecular weight is 478 g/mol. The summed E-state index contributed by atoms with van der Waals surface area (Å²) in [6.07, 6.45) is 0.700. The van der Waals surface area contributed by atoms with Crippen molar-refractivity contribution in [1.82, 2.24) is 15.5 Å². The Morgan fingerprint density at radius 3 is 2.19 bits per heavy atom. The number of aromatic nitrogens is 2. The zero-order valence-corrected chi connectivity index (χ0v) is 19.2. The molecule has 2 aromatic carbocycles. The van der Waals surface area contributed by atoms with Gasteiger partial charge >= 0.3 is 6.03 Å². The highest BCUT2D eigenvalue weighted by atomic mass is 35.5. The van der Waals surface area contributed by atoms with Crippen LogP contribution in [0.5, 0.6) is 0 Å². The van der Waals surface area contributed by atoms with E-state index in [0.717, 1.165) is 5.56 Å². The number of anilines is 2. The first-order valence-corrected chi connectivity index (χ1v) is 11.2. The summed E-state index contributed by atoms with van der Waals surface area (Å²) < 4.78 is 0. The Morgan fingerprint density at radius 2 is 1.58 bits per heavy atom. The standard InChI is InChI=1S/C21H21Cl2N5O2S/c1-3-12(2)17(25-20(30)24-16-10-8-15(23)9-11-16)18(29)26-21-28-27-19(31-21)13-4-6-14(22)7-5-13/h4-12,17H,3H2,1-2H3,(H2,24,25,30)(H,26,28,29)/t12-,17+/m0/s1. The van der Waals surface area contributed by atoms with Gasteiger partial charge in [-0.25, -0.2) is 4.79 Å². The molecular formula is C21H21Cl2N5O2S. The molecule has 3 amide bonds. The molecule has 162 valence electrons. The van der Waals surface area contributed by atoms with Crippen LogP contribution in [-0.4, -0.2) is 28.2 Å². The Bertz CT molecular complexity index is 1040. The zero-order valence-electron chi connectivity index (χ0n) is 16.9. The normalized spacial score (nSPS) is 12.6. The molecule has 0 bridgehead atoms. The number of carbonyl (C=O) groups excluding carboxylic acids is 2. The van der Waals surface area contributed by atoms with Gasteiger partial charge in [0.2, 0.25) is 11.0 Å². The Hall–Kier alpha value is -2.68. The number of hydrogen-bond donors (Lipinski definition) is 3. The van der Waals surface area contributed by atoms with Crippen LogP contribution in [0.3, 0.4) is 0 Å². The number of nitrogens with one attached hydrogen (secondary N) is 3. The van der Waals surface area contributed by atoms with Crippen molar-refractivity contribution in [3.63, 3.8) is 0 Å². The molecule has 1 aromatic heterocycles. The number of rotatable bonds is 7. The zero-order chi connectivity index (χ0) is 22.4. The first-order valence-electron chi connectivity index (χ1n) is 9.59. The summed E-state index contributed by atoms with van der Waals surface area (Å²) in [5, 5.41) is 18.6. The van der Waals surface area contributed by atoms with Gasteiger partial charge in [0, 0.05) is 21.3 Å². The topological polar surface area (TPSA) is 96.0 Å². The molecule has 31 heavy (non-hydrogen) atoms. The van der Waals surface area contributed by atoms with Crippen molar-refractivity contribution in [3.05, 3.63) is 58.6 Å². The summed E-state index contributed by atoms with van der Waals surface area (Å²) in [7, 11) is 0. The Labute approximate surface area is 194 Å². The molecule has 0 aliphatic rings. The lowest BCUT2D eigenvalue weighted by molar-refractivity contribution is -0.119. The van der Waals surface area contributed by atoms with Crippen LogP contribution in [0.4, 0.5) is 15.6 Å².